The number of aryl methyl sites for hydroxylation is 3. The summed E-state index contributed by atoms with van der Waals surface area (Å²) < 4.78 is 33.2. The lowest BCUT2D eigenvalue weighted by atomic mass is 9.93. The monoisotopic (exact) mass is 482 g/mol. The molecule has 0 bridgehead atoms. The minimum atomic E-state index is 0.493. The third kappa shape index (κ3) is 7.67. The number of hydrogen-bond donors (Lipinski definition) is 0. The molecule has 0 unspecified atom stereocenters. The number of rotatable bonds is 15. The molecule has 0 spiro atoms. The van der Waals surface area contributed by atoms with Crippen molar-refractivity contribution in [3.63, 3.8) is 0 Å². The van der Waals surface area contributed by atoms with E-state index in [1.807, 2.05) is 6.07 Å². The van der Waals surface area contributed by atoms with Crippen LogP contribution in [0.2, 0.25) is 0 Å². The molecule has 0 saturated carbocycles. The summed E-state index contributed by atoms with van der Waals surface area (Å²) >= 11 is 0. The third-order valence-electron chi connectivity index (χ3n) is 5.74. The molecule has 0 fully saturated rings. The van der Waals surface area contributed by atoms with E-state index in [1.165, 1.54) is 16.5 Å². The van der Waals surface area contributed by atoms with Gasteiger partial charge in [-0.25, -0.2) is 0 Å². The number of fused-ring (bicyclic) bond motifs is 1. The lowest BCUT2D eigenvalue weighted by molar-refractivity contribution is 0.0543. The van der Waals surface area contributed by atoms with Crippen LogP contribution in [0.15, 0.2) is 42.5 Å². The number of ether oxygens (including phenoxy) is 6. The highest BCUT2D eigenvalue weighted by Gasteiger charge is 2.14. The first-order valence-electron chi connectivity index (χ1n) is 12.1. The van der Waals surface area contributed by atoms with E-state index >= 15 is 0 Å². The van der Waals surface area contributed by atoms with E-state index in [1.54, 1.807) is 14.2 Å². The fourth-order valence-corrected chi connectivity index (χ4v) is 3.96. The standard InChI is InChI=1S/C29H38O6/c1-21-6-8-25-27(18-21)26(20-23(3)29(25)35-17-15-33-13-11-31-5)24-7-9-28(22(2)19-24)34-16-14-32-12-10-30-4/h6-9,18-20H,10-17H2,1-5H3. The molecule has 0 aromatic heterocycles. The molecule has 6 nitrogen and oxygen atoms in total. The molecule has 0 atom stereocenters. The largest absolute Gasteiger partial charge is 0.491 e. The Balaban J connectivity index is 1.78. The van der Waals surface area contributed by atoms with Crippen LogP contribution in [0.4, 0.5) is 0 Å². The predicted molar refractivity (Wildman–Crippen MR) is 140 cm³/mol. The Bertz CT molecular complexity index is 1080. The van der Waals surface area contributed by atoms with Gasteiger partial charge in [0.2, 0.25) is 0 Å². The minimum Gasteiger partial charge on any atom is -0.491 e. The Kier molecular flexibility index (Phi) is 10.8. The Labute approximate surface area is 209 Å². The Morgan fingerprint density at radius 3 is 1.89 bits per heavy atom. The molecule has 0 aliphatic carbocycles. The fourth-order valence-electron chi connectivity index (χ4n) is 3.96. The second-order valence-corrected chi connectivity index (χ2v) is 8.51. The van der Waals surface area contributed by atoms with Crippen LogP contribution >= 0.6 is 0 Å². The average molecular weight is 483 g/mol. The lowest BCUT2D eigenvalue weighted by Crippen LogP contribution is -2.10. The molecule has 0 aliphatic heterocycles. The molecule has 0 N–H and O–H groups in total. The van der Waals surface area contributed by atoms with E-state index in [0.29, 0.717) is 52.9 Å². The number of methoxy groups -OCH3 is 2. The van der Waals surface area contributed by atoms with Gasteiger partial charge in [0, 0.05) is 19.6 Å². The van der Waals surface area contributed by atoms with E-state index in [4.69, 9.17) is 28.4 Å². The maximum Gasteiger partial charge on any atom is 0.130 e. The second-order valence-electron chi connectivity index (χ2n) is 8.51. The molecule has 0 saturated heterocycles. The summed E-state index contributed by atoms with van der Waals surface area (Å²) in [4.78, 5) is 0. The van der Waals surface area contributed by atoms with Gasteiger partial charge in [0.15, 0.2) is 0 Å². The summed E-state index contributed by atoms with van der Waals surface area (Å²) in [7, 11) is 3.33. The van der Waals surface area contributed by atoms with Crippen molar-refractivity contribution in [1.82, 2.24) is 0 Å². The zero-order chi connectivity index (χ0) is 25.0. The molecular weight excluding hydrogens is 444 g/mol. The number of benzene rings is 3. The average Bonchev–Trinajstić information content (AvgIpc) is 2.85. The minimum absolute atomic E-state index is 0.493. The molecule has 0 heterocycles. The van der Waals surface area contributed by atoms with E-state index < -0.39 is 0 Å². The smallest absolute Gasteiger partial charge is 0.130 e. The second kappa shape index (κ2) is 14.0. The topological polar surface area (TPSA) is 55.4 Å². The first-order valence-corrected chi connectivity index (χ1v) is 12.1. The zero-order valence-corrected chi connectivity index (χ0v) is 21.6. The van der Waals surface area contributed by atoms with Gasteiger partial charge in [-0.15, -0.1) is 0 Å². The highest BCUT2D eigenvalue weighted by Crippen LogP contribution is 2.39. The van der Waals surface area contributed by atoms with Crippen molar-refractivity contribution < 1.29 is 28.4 Å². The molecule has 3 aromatic rings. The van der Waals surface area contributed by atoms with E-state index in [0.717, 1.165) is 33.6 Å². The van der Waals surface area contributed by atoms with Gasteiger partial charge in [0.1, 0.15) is 24.7 Å². The van der Waals surface area contributed by atoms with Crippen LogP contribution in [0, 0.1) is 20.8 Å². The Morgan fingerprint density at radius 2 is 1.23 bits per heavy atom. The maximum atomic E-state index is 6.18. The summed E-state index contributed by atoms with van der Waals surface area (Å²) in [6.45, 7) is 10.7. The Morgan fingerprint density at radius 1 is 0.571 bits per heavy atom. The fraction of sp³-hybridized carbons (Fsp3) is 0.448. The van der Waals surface area contributed by atoms with Crippen LogP contribution in [0.3, 0.4) is 0 Å². The predicted octanol–water partition coefficient (Wildman–Crippen LogP) is 5.52. The van der Waals surface area contributed by atoms with Crippen molar-refractivity contribution in [3.8, 4) is 22.6 Å². The van der Waals surface area contributed by atoms with Crippen molar-refractivity contribution in [2.45, 2.75) is 20.8 Å². The molecule has 3 rings (SSSR count). The van der Waals surface area contributed by atoms with Crippen LogP contribution in [-0.2, 0) is 18.9 Å². The summed E-state index contributed by atoms with van der Waals surface area (Å²) in [6, 6.07) is 15.1. The van der Waals surface area contributed by atoms with Crippen molar-refractivity contribution in [2.24, 2.45) is 0 Å². The zero-order valence-electron chi connectivity index (χ0n) is 21.6. The van der Waals surface area contributed by atoms with Crippen molar-refractivity contribution >= 4 is 10.8 Å². The van der Waals surface area contributed by atoms with Gasteiger partial charge in [0.05, 0.1) is 39.6 Å². The van der Waals surface area contributed by atoms with Crippen molar-refractivity contribution in [3.05, 3.63) is 59.2 Å². The van der Waals surface area contributed by atoms with Crippen LogP contribution in [0.1, 0.15) is 16.7 Å². The highest BCUT2D eigenvalue weighted by molar-refractivity contribution is 6.01. The van der Waals surface area contributed by atoms with Gasteiger partial charge < -0.3 is 28.4 Å². The molecule has 35 heavy (non-hydrogen) atoms. The first kappa shape index (κ1) is 27.0. The molecular formula is C29H38O6. The summed E-state index contributed by atoms with van der Waals surface area (Å²) in [5.41, 5.74) is 5.73. The van der Waals surface area contributed by atoms with Gasteiger partial charge in [-0.05, 0) is 66.6 Å². The third-order valence-corrected chi connectivity index (χ3v) is 5.74. The molecule has 0 radical (unpaired) electrons. The molecule has 0 aliphatic rings. The SMILES string of the molecule is COCCOCCOc1ccc(-c2cc(C)c(OCCOCCOC)c3ccc(C)cc23)cc1C. The van der Waals surface area contributed by atoms with Crippen molar-refractivity contribution in [1.29, 1.82) is 0 Å². The van der Waals surface area contributed by atoms with Gasteiger partial charge >= 0.3 is 0 Å². The maximum absolute atomic E-state index is 6.18. The summed E-state index contributed by atoms with van der Waals surface area (Å²) in [5, 5.41) is 2.28. The normalized spacial score (nSPS) is 11.2. The van der Waals surface area contributed by atoms with Crippen LogP contribution in [0.5, 0.6) is 11.5 Å². The molecule has 6 heteroatoms. The van der Waals surface area contributed by atoms with E-state index in [-0.39, 0.29) is 0 Å². The van der Waals surface area contributed by atoms with Crippen molar-refractivity contribution in [2.75, 3.05) is 67.1 Å². The van der Waals surface area contributed by atoms with Gasteiger partial charge in [-0.2, -0.15) is 0 Å². The van der Waals surface area contributed by atoms with Crippen LogP contribution in [-0.4, -0.2) is 67.1 Å². The van der Waals surface area contributed by atoms with E-state index in [9.17, 15) is 0 Å². The van der Waals surface area contributed by atoms with Gasteiger partial charge in [-0.1, -0.05) is 29.8 Å². The summed E-state index contributed by atoms with van der Waals surface area (Å²) in [6.07, 6.45) is 0. The highest BCUT2D eigenvalue weighted by atomic mass is 16.5. The van der Waals surface area contributed by atoms with Crippen LogP contribution in [0.25, 0.3) is 21.9 Å². The van der Waals surface area contributed by atoms with Gasteiger partial charge in [-0.3, -0.25) is 0 Å². The van der Waals surface area contributed by atoms with Crippen LogP contribution < -0.4 is 9.47 Å². The lowest BCUT2D eigenvalue weighted by Gasteiger charge is -2.17. The molecule has 190 valence electrons. The first-order chi connectivity index (χ1) is 17.0. The van der Waals surface area contributed by atoms with Gasteiger partial charge in [0.25, 0.3) is 0 Å². The quantitative estimate of drug-likeness (QED) is 0.266. The van der Waals surface area contributed by atoms with E-state index in [2.05, 4.69) is 57.2 Å². The summed E-state index contributed by atoms with van der Waals surface area (Å²) in [5.74, 6) is 1.78. The number of hydrogen-bond acceptors (Lipinski definition) is 6. The molecule has 3 aromatic carbocycles. The molecule has 0 amide bonds. The Hall–Kier alpha value is -2.64.